The average molecular weight is 356 g/mol. The van der Waals surface area contributed by atoms with E-state index in [0.717, 1.165) is 11.6 Å². The minimum absolute atomic E-state index is 0.115. The number of hydrogen-bond donors (Lipinski definition) is 1. The van der Waals surface area contributed by atoms with Gasteiger partial charge in [-0.15, -0.1) is 0 Å². The number of benzene rings is 2. The maximum Gasteiger partial charge on any atom is 0.137 e. The molecule has 0 saturated heterocycles. The Morgan fingerprint density at radius 2 is 1.95 bits per heavy atom. The molecule has 2 rings (SSSR count). The molecule has 0 amide bonds. The normalized spacial score (nSPS) is 12.2. The Balaban J connectivity index is 2.50. The van der Waals surface area contributed by atoms with E-state index in [0.29, 0.717) is 12.3 Å². The van der Waals surface area contributed by atoms with Crippen molar-refractivity contribution in [2.45, 2.75) is 13.0 Å². The summed E-state index contributed by atoms with van der Waals surface area (Å²) in [6.45, 7) is 2.54. The maximum atomic E-state index is 14.2. The molecule has 0 aliphatic carbocycles. The fourth-order valence-electron chi connectivity index (χ4n) is 2.19. The second-order valence-electron chi connectivity index (χ2n) is 4.56. The van der Waals surface area contributed by atoms with E-state index >= 15 is 0 Å². The molecule has 0 heterocycles. The Morgan fingerprint density at radius 3 is 2.62 bits per heavy atom. The summed E-state index contributed by atoms with van der Waals surface area (Å²) in [4.78, 5) is 0. The van der Waals surface area contributed by atoms with Crippen molar-refractivity contribution < 1.29 is 13.5 Å². The van der Waals surface area contributed by atoms with Crippen molar-refractivity contribution in [3.05, 3.63) is 63.6 Å². The van der Waals surface area contributed by atoms with Crippen LogP contribution in [0.5, 0.6) is 5.75 Å². The first-order valence-electron chi connectivity index (χ1n) is 6.58. The van der Waals surface area contributed by atoms with Crippen LogP contribution in [0.25, 0.3) is 0 Å². The van der Waals surface area contributed by atoms with Crippen LogP contribution in [0, 0.1) is 11.6 Å². The van der Waals surface area contributed by atoms with Gasteiger partial charge in [-0.05, 0) is 52.3 Å². The van der Waals surface area contributed by atoms with E-state index in [1.54, 1.807) is 7.11 Å². The number of ether oxygens (including phenoxy) is 1. The lowest BCUT2D eigenvalue weighted by Crippen LogP contribution is -2.23. The highest BCUT2D eigenvalue weighted by molar-refractivity contribution is 9.10. The van der Waals surface area contributed by atoms with E-state index in [2.05, 4.69) is 21.2 Å². The van der Waals surface area contributed by atoms with Gasteiger partial charge in [-0.3, -0.25) is 0 Å². The molecule has 0 saturated carbocycles. The number of hydrogen-bond acceptors (Lipinski definition) is 2. The van der Waals surface area contributed by atoms with Crippen LogP contribution < -0.4 is 10.1 Å². The molecule has 2 aromatic carbocycles. The highest BCUT2D eigenvalue weighted by atomic mass is 79.9. The monoisotopic (exact) mass is 355 g/mol. The molecule has 0 aromatic heterocycles. The smallest absolute Gasteiger partial charge is 0.137 e. The van der Waals surface area contributed by atoms with Gasteiger partial charge in [-0.25, -0.2) is 8.78 Å². The molecule has 1 unspecified atom stereocenters. The van der Waals surface area contributed by atoms with Crippen LogP contribution in [0.3, 0.4) is 0 Å². The first-order chi connectivity index (χ1) is 10.1. The summed E-state index contributed by atoms with van der Waals surface area (Å²) in [5.41, 5.74) is 1.09. The van der Waals surface area contributed by atoms with Crippen molar-refractivity contribution in [3.63, 3.8) is 0 Å². The number of halogens is 3. The first kappa shape index (κ1) is 15.9. The zero-order valence-corrected chi connectivity index (χ0v) is 13.4. The standard InChI is InChI=1S/C16H16BrF2NO/c1-3-20-16(10-5-4-6-11(7-10)21-2)12-8-15(19)13(17)9-14(12)18/h4-9,16,20H,3H2,1-2H3. The molecule has 0 fully saturated rings. The number of nitrogens with one attached hydrogen (secondary N) is 1. The third kappa shape index (κ3) is 3.60. The molecular formula is C16H16BrF2NO. The van der Waals surface area contributed by atoms with E-state index in [9.17, 15) is 8.78 Å². The number of methoxy groups -OCH3 is 1. The van der Waals surface area contributed by atoms with Gasteiger partial charge in [0.15, 0.2) is 0 Å². The third-order valence-electron chi connectivity index (χ3n) is 3.19. The molecule has 1 N–H and O–H groups in total. The van der Waals surface area contributed by atoms with Crippen LogP contribution in [0.1, 0.15) is 24.1 Å². The van der Waals surface area contributed by atoms with Crippen LogP contribution in [-0.4, -0.2) is 13.7 Å². The molecule has 1 atom stereocenters. The molecule has 0 bridgehead atoms. The largest absolute Gasteiger partial charge is 0.497 e. The number of rotatable bonds is 5. The Kier molecular flexibility index (Phi) is 5.31. The highest BCUT2D eigenvalue weighted by Gasteiger charge is 2.19. The van der Waals surface area contributed by atoms with Crippen molar-refractivity contribution in [2.75, 3.05) is 13.7 Å². The summed E-state index contributed by atoms with van der Waals surface area (Å²) < 4.78 is 33.3. The lowest BCUT2D eigenvalue weighted by atomic mass is 9.97. The Labute approximate surface area is 131 Å². The molecule has 112 valence electrons. The third-order valence-corrected chi connectivity index (χ3v) is 3.79. The molecule has 0 aliphatic rings. The Bertz CT molecular complexity index is 634. The van der Waals surface area contributed by atoms with Gasteiger partial charge in [0, 0.05) is 5.56 Å². The molecule has 0 radical (unpaired) electrons. The summed E-state index contributed by atoms with van der Waals surface area (Å²) in [7, 11) is 1.57. The van der Waals surface area contributed by atoms with Crippen LogP contribution >= 0.6 is 15.9 Å². The molecule has 21 heavy (non-hydrogen) atoms. The van der Waals surface area contributed by atoms with Crippen molar-refractivity contribution in [2.24, 2.45) is 0 Å². The van der Waals surface area contributed by atoms with Crippen LogP contribution in [-0.2, 0) is 0 Å². The van der Waals surface area contributed by atoms with Crippen LogP contribution in [0.15, 0.2) is 40.9 Å². The minimum atomic E-state index is -0.489. The van der Waals surface area contributed by atoms with Gasteiger partial charge in [0.25, 0.3) is 0 Å². The highest BCUT2D eigenvalue weighted by Crippen LogP contribution is 2.30. The van der Waals surface area contributed by atoms with Gasteiger partial charge >= 0.3 is 0 Å². The van der Waals surface area contributed by atoms with Gasteiger partial charge in [0.1, 0.15) is 17.4 Å². The summed E-state index contributed by atoms with van der Waals surface area (Å²) in [6.07, 6.45) is 0. The Hall–Kier alpha value is -1.46. The van der Waals surface area contributed by atoms with Gasteiger partial charge in [0.05, 0.1) is 17.6 Å². The van der Waals surface area contributed by atoms with Crippen molar-refractivity contribution in [1.82, 2.24) is 5.32 Å². The lowest BCUT2D eigenvalue weighted by Gasteiger charge is -2.20. The second-order valence-corrected chi connectivity index (χ2v) is 5.41. The lowest BCUT2D eigenvalue weighted by molar-refractivity contribution is 0.413. The summed E-state index contributed by atoms with van der Waals surface area (Å²) in [5.74, 6) is -0.275. The molecule has 0 spiro atoms. The zero-order valence-electron chi connectivity index (χ0n) is 11.8. The molecule has 5 heteroatoms. The van der Waals surface area contributed by atoms with Gasteiger partial charge in [-0.2, -0.15) is 0 Å². The molecular weight excluding hydrogens is 340 g/mol. The van der Waals surface area contributed by atoms with E-state index in [-0.39, 0.29) is 10.0 Å². The van der Waals surface area contributed by atoms with Crippen molar-refractivity contribution in [1.29, 1.82) is 0 Å². The second kappa shape index (κ2) is 7.00. The van der Waals surface area contributed by atoms with Gasteiger partial charge in [0.2, 0.25) is 0 Å². The van der Waals surface area contributed by atoms with Crippen LogP contribution in [0.4, 0.5) is 8.78 Å². The zero-order chi connectivity index (χ0) is 15.4. The van der Waals surface area contributed by atoms with E-state index in [1.165, 1.54) is 6.07 Å². The predicted octanol–water partition coefficient (Wildman–Crippen LogP) is 4.43. The first-order valence-corrected chi connectivity index (χ1v) is 7.38. The fraction of sp³-hybridized carbons (Fsp3) is 0.250. The molecule has 0 aliphatic heterocycles. The fourth-order valence-corrected chi connectivity index (χ4v) is 2.51. The quantitative estimate of drug-likeness (QED) is 0.800. The minimum Gasteiger partial charge on any atom is -0.497 e. The SMILES string of the molecule is CCNC(c1cccc(OC)c1)c1cc(F)c(Br)cc1F. The molecule has 2 aromatic rings. The summed E-state index contributed by atoms with van der Waals surface area (Å²) >= 11 is 2.99. The van der Waals surface area contributed by atoms with Gasteiger partial charge in [-0.1, -0.05) is 19.1 Å². The van der Waals surface area contributed by atoms with E-state index < -0.39 is 17.7 Å². The van der Waals surface area contributed by atoms with Crippen molar-refractivity contribution >= 4 is 15.9 Å². The molecule has 2 nitrogen and oxygen atoms in total. The summed E-state index contributed by atoms with van der Waals surface area (Å²) in [6, 6.07) is 9.23. The van der Waals surface area contributed by atoms with E-state index in [4.69, 9.17) is 4.74 Å². The topological polar surface area (TPSA) is 21.3 Å². The maximum absolute atomic E-state index is 14.2. The van der Waals surface area contributed by atoms with Gasteiger partial charge < -0.3 is 10.1 Å². The average Bonchev–Trinajstić information content (AvgIpc) is 2.49. The van der Waals surface area contributed by atoms with E-state index in [1.807, 2.05) is 31.2 Å². The summed E-state index contributed by atoms with van der Waals surface area (Å²) in [5, 5.41) is 3.18. The van der Waals surface area contributed by atoms with Crippen molar-refractivity contribution in [3.8, 4) is 5.75 Å². The van der Waals surface area contributed by atoms with Crippen LogP contribution in [0.2, 0.25) is 0 Å². The predicted molar refractivity (Wildman–Crippen MR) is 82.6 cm³/mol. The Morgan fingerprint density at radius 1 is 1.19 bits per heavy atom.